The molecule has 2 atom stereocenters. The summed E-state index contributed by atoms with van der Waals surface area (Å²) in [6, 6.07) is 11.6. The zero-order chi connectivity index (χ0) is 27.5. The molecule has 13 heteroatoms. The van der Waals surface area contributed by atoms with Crippen molar-refractivity contribution in [1.82, 2.24) is 10.6 Å². The minimum atomic E-state index is -1.69. The van der Waals surface area contributed by atoms with Gasteiger partial charge in [0.1, 0.15) is 11.9 Å². The third-order valence-corrected chi connectivity index (χ3v) is 4.95. The van der Waals surface area contributed by atoms with Crippen LogP contribution in [0, 0.1) is 5.41 Å². The largest absolute Gasteiger partial charge is 0.469 e. The number of nitrogens with one attached hydrogen (secondary N) is 4. The average molecular weight is 513 g/mol. The summed E-state index contributed by atoms with van der Waals surface area (Å²) in [5, 5.41) is 14.7. The molecule has 0 aliphatic carbocycles. The molecule has 0 heterocycles. The number of nitrogen functional groups attached to an aromatic ring is 1. The molecule has 0 unspecified atom stereocenters. The van der Waals surface area contributed by atoms with Crippen molar-refractivity contribution >= 4 is 47.0 Å². The van der Waals surface area contributed by atoms with Gasteiger partial charge in [0.15, 0.2) is 0 Å². The first-order valence-corrected chi connectivity index (χ1v) is 10.9. The monoisotopic (exact) mass is 512 g/mol. The van der Waals surface area contributed by atoms with E-state index >= 15 is 0 Å². The molecule has 0 bridgehead atoms. The summed E-state index contributed by atoms with van der Waals surface area (Å²) in [6.07, 6.45) is -2.22. The normalized spacial score (nSPS) is 11.8. The van der Waals surface area contributed by atoms with Crippen molar-refractivity contribution < 1.29 is 33.4 Å². The van der Waals surface area contributed by atoms with E-state index in [9.17, 15) is 24.0 Å². The lowest BCUT2D eigenvalue weighted by Crippen LogP contribution is -2.61. The van der Waals surface area contributed by atoms with Crippen LogP contribution in [0.1, 0.15) is 18.9 Å². The number of amides is 4. The van der Waals surface area contributed by atoms with Crippen LogP contribution < -0.4 is 26.6 Å². The van der Waals surface area contributed by atoms with Crippen molar-refractivity contribution in [2.45, 2.75) is 25.6 Å². The van der Waals surface area contributed by atoms with Crippen LogP contribution in [0.4, 0.5) is 16.2 Å². The van der Waals surface area contributed by atoms with Crippen molar-refractivity contribution in [2.75, 3.05) is 24.4 Å². The summed E-state index contributed by atoms with van der Waals surface area (Å²) >= 11 is 0. The number of benzene rings is 2. The highest BCUT2D eigenvalue weighted by molar-refractivity contribution is 6.06. The number of esters is 2. The fourth-order valence-corrected chi connectivity index (χ4v) is 3.22. The summed E-state index contributed by atoms with van der Waals surface area (Å²) in [4.78, 5) is 63.8. The molecule has 0 aromatic heterocycles. The first-order chi connectivity index (χ1) is 17.6. The van der Waals surface area contributed by atoms with Gasteiger partial charge < -0.3 is 31.2 Å². The van der Waals surface area contributed by atoms with Crippen LogP contribution in [0.5, 0.6) is 0 Å². The molecule has 0 saturated carbocycles. The molecule has 196 valence electrons. The predicted molar refractivity (Wildman–Crippen MR) is 134 cm³/mol. The highest BCUT2D eigenvalue weighted by Gasteiger charge is 2.38. The van der Waals surface area contributed by atoms with E-state index in [4.69, 9.17) is 15.9 Å². The van der Waals surface area contributed by atoms with Gasteiger partial charge in [0.25, 0.3) is 5.91 Å². The zero-order valence-corrected chi connectivity index (χ0v) is 20.4. The Hall–Kier alpha value is -4.94. The number of carbonyl (C=O) groups is 5. The van der Waals surface area contributed by atoms with E-state index in [1.54, 1.807) is 18.2 Å². The fourth-order valence-electron chi connectivity index (χ4n) is 3.22. The Bertz CT molecular complexity index is 1150. The highest BCUT2D eigenvalue weighted by atomic mass is 16.5. The van der Waals surface area contributed by atoms with Gasteiger partial charge in [0.05, 0.1) is 20.6 Å². The third kappa shape index (κ3) is 8.06. The Morgan fingerprint density at radius 1 is 0.946 bits per heavy atom. The quantitative estimate of drug-likeness (QED) is 0.133. The second-order valence-corrected chi connectivity index (χ2v) is 7.59. The maximum Gasteiger partial charge on any atom is 0.350 e. The Morgan fingerprint density at radius 2 is 1.57 bits per heavy atom. The van der Waals surface area contributed by atoms with Crippen LogP contribution in [0.15, 0.2) is 54.6 Å². The predicted octanol–water partition coefficient (Wildman–Crippen LogP) is 0.692. The van der Waals surface area contributed by atoms with Gasteiger partial charge in [-0.1, -0.05) is 18.2 Å². The molecule has 0 saturated heterocycles. The Balaban J connectivity index is 2.43. The van der Waals surface area contributed by atoms with Crippen molar-refractivity contribution in [1.29, 1.82) is 5.41 Å². The molecule has 2 aromatic rings. The number of methoxy groups -OCH3 is 2. The van der Waals surface area contributed by atoms with E-state index in [2.05, 4.69) is 20.7 Å². The minimum absolute atomic E-state index is 0.153. The molecule has 0 fully saturated rings. The van der Waals surface area contributed by atoms with Crippen molar-refractivity contribution in [2.24, 2.45) is 5.73 Å². The van der Waals surface area contributed by atoms with Crippen molar-refractivity contribution in [3.8, 4) is 0 Å². The number of carbonyl (C=O) groups excluding carboxylic acids is 5. The Kier molecular flexibility index (Phi) is 10.1. The Morgan fingerprint density at radius 3 is 2.08 bits per heavy atom. The average Bonchev–Trinajstić information content (AvgIpc) is 2.87. The second-order valence-electron chi connectivity index (χ2n) is 7.59. The van der Waals surface area contributed by atoms with E-state index in [1.807, 2.05) is 0 Å². The summed E-state index contributed by atoms with van der Waals surface area (Å²) in [5.41, 5.74) is 6.35. The van der Waals surface area contributed by atoms with E-state index in [1.165, 1.54) is 36.4 Å². The molecule has 0 aliphatic heterocycles. The van der Waals surface area contributed by atoms with Crippen LogP contribution in [0.3, 0.4) is 0 Å². The highest BCUT2D eigenvalue weighted by Crippen LogP contribution is 2.19. The number of hydrogen-bond donors (Lipinski definition) is 5. The van der Waals surface area contributed by atoms with Gasteiger partial charge in [0, 0.05) is 23.9 Å². The molecule has 2 rings (SSSR count). The van der Waals surface area contributed by atoms with Crippen LogP contribution in [0.25, 0.3) is 0 Å². The summed E-state index contributed by atoms with van der Waals surface area (Å²) in [6.45, 7) is 1.16. The summed E-state index contributed by atoms with van der Waals surface area (Å²) in [5.74, 6) is -3.43. The van der Waals surface area contributed by atoms with E-state index in [-0.39, 0.29) is 11.5 Å². The van der Waals surface area contributed by atoms with E-state index in [0.29, 0.717) is 11.3 Å². The number of anilines is 2. The number of amidine groups is 1. The molecule has 0 radical (unpaired) electrons. The van der Waals surface area contributed by atoms with Crippen LogP contribution in [-0.4, -0.2) is 62.0 Å². The standard InChI is InChI=1S/C24H28N6O7/c1-14(31)27-18(13-19(32)36-2)22(33)30(17-7-5-4-6-8-17)21(23(34)37-3)29-24(35)28-16-11-9-15(10-12-16)20(25)26/h4-12,18,21H,13H2,1-3H3,(H3,25,26)(H,27,31)(H2,28,29,35)/t18-,21+/m0/s1. The third-order valence-electron chi connectivity index (χ3n) is 4.95. The molecule has 6 N–H and O–H groups in total. The zero-order valence-electron chi connectivity index (χ0n) is 20.4. The number of hydrogen-bond acceptors (Lipinski definition) is 8. The number of nitrogens with zero attached hydrogens (tertiary/aromatic N) is 1. The topological polar surface area (TPSA) is 193 Å². The molecule has 37 heavy (non-hydrogen) atoms. The van der Waals surface area contributed by atoms with Crippen LogP contribution in [-0.2, 0) is 28.7 Å². The maximum absolute atomic E-state index is 13.6. The number of para-hydroxylation sites is 1. The van der Waals surface area contributed by atoms with Gasteiger partial charge >= 0.3 is 18.0 Å². The SMILES string of the molecule is COC(=O)C[C@H](NC(C)=O)C(=O)N(c1ccccc1)[C@@H](NC(=O)Nc1ccc(C(=N)N)cc1)C(=O)OC. The summed E-state index contributed by atoms with van der Waals surface area (Å²) in [7, 11) is 2.20. The molecule has 13 nitrogen and oxygen atoms in total. The smallest absolute Gasteiger partial charge is 0.350 e. The van der Waals surface area contributed by atoms with Gasteiger partial charge in [-0.3, -0.25) is 24.7 Å². The van der Waals surface area contributed by atoms with Gasteiger partial charge in [-0.2, -0.15) is 0 Å². The molecular formula is C24H28N6O7. The van der Waals surface area contributed by atoms with Crippen LogP contribution in [0.2, 0.25) is 0 Å². The lowest BCUT2D eigenvalue weighted by molar-refractivity contribution is -0.145. The number of rotatable bonds is 10. The lowest BCUT2D eigenvalue weighted by atomic mass is 10.1. The van der Waals surface area contributed by atoms with Crippen LogP contribution >= 0.6 is 0 Å². The number of nitrogens with two attached hydrogens (primary N) is 1. The van der Waals surface area contributed by atoms with E-state index < -0.39 is 48.4 Å². The minimum Gasteiger partial charge on any atom is -0.469 e. The molecule has 4 amide bonds. The van der Waals surface area contributed by atoms with Gasteiger partial charge in [0.2, 0.25) is 12.1 Å². The summed E-state index contributed by atoms with van der Waals surface area (Å²) < 4.78 is 9.46. The van der Waals surface area contributed by atoms with Gasteiger partial charge in [-0.15, -0.1) is 0 Å². The van der Waals surface area contributed by atoms with Gasteiger partial charge in [-0.25, -0.2) is 9.59 Å². The second kappa shape index (κ2) is 13.2. The van der Waals surface area contributed by atoms with E-state index in [0.717, 1.165) is 26.0 Å². The van der Waals surface area contributed by atoms with Crippen molar-refractivity contribution in [3.63, 3.8) is 0 Å². The molecule has 0 spiro atoms. The number of ether oxygens (including phenoxy) is 2. The first kappa shape index (κ1) is 28.3. The fraction of sp³-hybridized carbons (Fsp3) is 0.250. The number of urea groups is 1. The molecule has 0 aliphatic rings. The van der Waals surface area contributed by atoms with Crippen molar-refractivity contribution in [3.05, 3.63) is 60.2 Å². The first-order valence-electron chi connectivity index (χ1n) is 10.9. The lowest BCUT2D eigenvalue weighted by Gasteiger charge is -2.33. The maximum atomic E-state index is 13.6. The molecule has 2 aromatic carbocycles. The molecular weight excluding hydrogens is 484 g/mol. The Labute approximate surface area is 212 Å². The van der Waals surface area contributed by atoms with Gasteiger partial charge in [-0.05, 0) is 36.4 Å².